The molecule has 7 nitrogen and oxygen atoms in total. The standard InChI is InChI=1S/C19H27ClN2O5/c1-11(2)8-15(21-12(3)23)18(24)22-16(19(25)27-5)10-13-6-7-17(26-4)14(20)9-13/h6-7,9,11,15-16H,8,10H2,1-5H3,(H,21,23)(H,22,24)/t15-,16-/m0/s1. The van der Waals surface area contributed by atoms with Gasteiger partial charge >= 0.3 is 5.97 Å². The number of ether oxygens (including phenoxy) is 2. The second-order valence-electron chi connectivity index (χ2n) is 6.64. The summed E-state index contributed by atoms with van der Waals surface area (Å²) in [6.45, 7) is 5.23. The maximum absolute atomic E-state index is 12.6. The van der Waals surface area contributed by atoms with Crippen molar-refractivity contribution >= 4 is 29.4 Å². The molecule has 0 radical (unpaired) electrons. The van der Waals surface area contributed by atoms with Gasteiger partial charge in [-0.25, -0.2) is 4.79 Å². The van der Waals surface area contributed by atoms with Crippen LogP contribution in [0.25, 0.3) is 0 Å². The number of esters is 1. The molecule has 2 N–H and O–H groups in total. The summed E-state index contributed by atoms with van der Waals surface area (Å²) in [5.41, 5.74) is 0.733. The minimum atomic E-state index is -0.907. The Labute approximate surface area is 164 Å². The van der Waals surface area contributed by atoms with Crippen LogP contribution >= 0.6 is 11.6 Å². The van der Waals surface area contributed by atoms with Crippen LogP contribution in [0.4, 0.5) is 0 Å². The first kappa shape index (κ1) is 22.8. The van der Waals surface area contributed by atoms with E-state index in [1.807, 2.05) is 13.8 Å². The number of amides is 2. The fourth-order valence-corrected chi connectivity index (χ4v) is 2.91. The number of methoxy groups -OCH3 is 2. The summed E-state index contributed by atoms with van der Waals surface area (Å²) in [5, 5.41) is 5.70. The first-order chi connectivity index (χ1) is 12.7. The van der Waals surface area contributed by atoms with Crippen LogP contribution in [0.5, 0.6) is 5.75 Å². The summed E-state index contributed by atoms with van der Waals surface area (Å²) in [6, 6.07) is 3.48. The Bertz CT molecular complexity index is 678. The Morgan fingerprint density at radius 3 is 2.26 bits per heavy atom. The molecule has 1 aromatic rings. The lowest BCUT2D eigenvalue weighted by Gasteiger charge is -2.23. The minimum Gasteiger partial charge on any atom is -0.495 e. The van der Waals surface area contributed by atoms with Gasteiger partial charge in [0.2, 0.25) is 11.8 Å². The third-order valence-electron chi connectivity index (χ3n) is 3.86. The molecule has 1 aromatic carbocycles. The molecule has 2 amide bonds. The number of benzene rings is 1. The molecule has 0 bridgehead atoms. The van der Waals surface area contributed by atoms with Crippen molar-refractivity contribution in [3.8, 4) is 5.75 Å². The summed E-state index contributed by atoms with van der Waals surface area (Å²) < 4.78 is 9.91. The number of rotatable bonds is 9. The molecule has 150 valence electrons. The largest absolute Gasteiger partial charge is 0.495 e. The molecule has 0 aromatic heterocycles. The summed E-state index contributed by atoms with van der Waals surface area (Å²) in [4.78, 5) is 36.2. The number of halogens is 1. The van der Waals surface area contributed by atoms with Gasteiger partial charge in [-0.3, -0.25) is 9.59 Å². The van der Waals surface area contributed by atoms with Crippen molar-refractivity contribution in [3.63, 3.8) is 0 Å². The normalized spacial score (nSPS) is 12.9. The monoisotopic (exact) mass is 398 g/mol. The molecule has 0 spiro atoms. The van der Waals surface area contributed by atoms with E-state index in [4.69, 9.17) is 21.1 Å². The van der Waals surface area contributed by atoms with Gasteiger partial charge in [0.25, 0.3) is 0 Å². The summed E-state index contributed by atoms with van der Waals surface area (Å²) in [7, 11) is 2.76. The number of carbonyl (C=O) groups is 3. The highest BCUT2D eigenvalue weighted by atomic mass is 35.5. The van der Waals surface area contributed by atoms with E-state index in [1.165, 1.54) is 21.1 Å². The smallest absolute Gasteiger partial charge is 0.328 e. The van der Waals surface area contributed by atoms with Gasteiger partial charge in [0.15, 0.2) is 0 Å². The van der Waals surface area contributed by atoms with E-state index in [9.17, 15) is 14.4 Å². The molecular formula is C19H27ClN2O5. The van der Waals surface area contributed by atoms with Crippen LogP contribution in [0.1, 0.15) is 32.8 Å². The minimum absolute atomic E-state index is 0.185. The highest BCUT2D eigenvalue weighted by Crippen LogP contribution is 2.25. The average Bonchev–Trinajstić information content (AvgIpc) is 2.59. The Balaban J connectivity index is 2.95. The molecule has 0 aliphatic heterocycles. The molecule has 0 aliphatic carbocycles. The average molecular weight is 399 g/mol. The van der Waals surface area contributed by atoms with Gasteiger partial charge in [0.1, 0.15) is 17.8 Å². The zero-order valence-electron chi connectivity index (χ0n) is 16.3. The zero-order valence-corrected chi connectivity index (χ0v) is 17.1. The molecule has 1 rings (SSSR count). The number of carbonyl (C=O) groups excluding carboxylic acids is 3. The van der Waals surface area contributed by atoms with Gasteiger partial charge in [0.05, 0.1) is 19.2 Å². The maximum Gasteiger partial charge on any atom is 0.328 e. The molecular weight excluding hydrogens is 372 g/mol. The lowest BCUT2D eigenvalue weighted by Crippen LogP contribution is -2.52. The van der Waals surface area contributed by atoms with Crippen molar-refractivity contribution in [2.75, 3.05) is 14.2 Å². The SMILES string of the molecule is COC(=O)[C@H](Cc1ccc(OC)c(Cl)c1)NC(=O)[C@H](CC(C)C)NC(C)=O. The predicted octanol–water partition coefficient (Wildman–Crippen LogP) is 2.10. The Morgan fingerprint density at radius 1 is 1.11 bits per heavy atom. The molecule has 2 atom stereocenters. The van der Waals surface area contributed by atoms with Gasteiger partial charge in [0, 0.05) is 13.3 Å². The van der Waals surface area contributed by atoms with Crippen molar-refractivity contribution in [2.45, 2.75) is 45.7 Å². The Kier molecular flexibility index (Phi) is 9.08. The molecule has 0 saturated carbocycles. The number of hydrogen-bond donors (Lipinski definition) is 2. The van der Waals surface area contributed by atoms with Crippen molar-refractivity contribution in [2.24, 2.45) is 5.92 Å². The fourth-order valence-electron chi connectivity index (χ4n) is 2.63. The van der Waals surface area contributed by atoms with Gasteiger partial charge in [-0.2, -0.15) is 0 Å². The third-order valence-corrected chi connectivity index (χ3v) is 4.15. The van der Waals surface area contributed by atoms with E-state index in [2.05, 4.69) is 10.6 Å². The van der Waals surface area contributed by atoms with E-state index in [1.54, 1.807) is 18.2 Å². The van der Waals surface area contributed by atoms with Crippen LogP contribution in [0.2, 0.25) is 5.02 Å². The second-order valence-corrected chi connectivity index (χ2v) is 7.05. The topological polar surface area (TPSA) is 93.7 Å². The van der Waals surface area contributed by atoms with Crippen LogP contribution in [0.3, 0.4) is 0 Å². The van der Waals surface area contributed by atoms with Gasteiger partial charge < -0.3 is 20.1 Å². The number of nitrogens with one attached hydrogen (secondary N) is 2. The highest BCUT2D eigenvalue weighted by molar-refractivity contribution is 6.32. The van der Waals surface area contributed by atoms with Crippen LogP contribution in [-0.4, -0.2) is 44.1 Å². The first-order valence-corrected chi connectivity index (χ1v) is 9.03. The van der Waals surface area contributed by atoms with Gasteiger partial charge in [-0.1, -0.05) is 31.5 Å². The maximum atomic E-state index is 12.6. The lowest BCUT2D eigenvalue weighted by atomic mass is 10.0. The Hall–Kier alpha value is -2.28. The fraction of sp³-hybridized carbons (Fsp3) is 0.526. The van der Waals surface area contributed by atoms with Crippen LogP contribution in [0, 0.1) is 5.92 Å². The second kappa shape index (κ2) is 10.8. The van der Waals surface area contributed by atoms with Crippen molar-refractivity contribution in [3.05, 3.63) is 28.8 Å². The zero-order chi connectivity index (χ0) is 20.6. The molecule has 8 heteroatoms. The van der Waals surface area contributed by atoms with E-state index in [-0.39, 0.29) is 18.2 Å². The van der Waals surface area contributed by atoms with Crippen LogP contribution in [0.15, 0.2) is 18.2 Å². The van der Waals surface area contributed by atoms with Crippen molar-refractivity contribution < 1.29 is 23.9 Å². The summed E-state index contributed by atoms with van der Waals surface area (Å²) in [5.74, 6) is -0.631. The van der Waals surface area contributed by atoms with E-state index < -0.39 is 24.0 Å². The molecule has 0 heterocycles. The summed E-state index contributed by atoms with van der Waals surface area (Å²) >= 11 is 6.12. The summed E-state index contributed by atoms with van der Waals surface area (Å²) in [6.07, 6.45) is 0.643. The van der Waals surface area contributed by atoms with Gasteiger partial charge in [-0.05, 0) is 30.0 Å². The molecule has 0 fully saturated rings. The Morgan fingerprint density at radius 2 is 1.78 bits per heavy atom. The third kappa shape index (κ3) is 7.46. The van der Waals surface area contributed by atoms with E-state index in [0.29, 0.717) is 17.2 Å². The predicted molar refractivity (Wildman–Crippen MR) is 103 cm³/mol. The molecule has 0 saturated heterocycles. The van der Waals surface area contributed by atoms with Crippen LogP contribution in [-0.2, 0) is 25.5 Å². The van der Waals surface area contributed by atoms with E-state index >= 15 is 0 Å². The first-order valence-electron chi connectivity index (χ1n) is 8.65. The van der Waals surface area contributed by atoms with Crippen molar-refractivity contribution in [1.82, 2.24) is 10.6 Å². The molecule has 0 aliphatic rings. The van der Waals surface area contributed by atoms with Crippen molar-refractivity contribution in [1.29, 1.82) is 0 Å². The molecule has 27 heavy (non-hydrogen) atoms. The van der Waals surface area contributed by atoms with Gasteiger partial charge in [-0.15, -0.1) is 0 Å². The quantitative estimate of drug-likeness (QED) is 0.621. The lowest BCUT2D eigenvalue weighted by molar-refractivity contribution is -0.145. The van der Waals surface area contributed by atoms with E-state index in [0.717, 1.165) is 5.56 Å². The number of hydrogen-bond acceptors (Lipinski definition) is 5. The van der Waals surface area contributed by atoms with Crippen LogP contribution < -0.4 is 15.4 Å². The molecule has 0 unspecified atom stereocenters. The highest BCUT2D eigenvalue weighted by Gasteiger charge is 2.27.